The number of nitriles is 1. The van der Waals surface area contributed by atoms with E-state index in [0.717, 1.165) is 119 Å². The van der Waals surface area contributed by atoms with Crippen molar-refractivity contribution in [3.05, 3.63) is 183 Å². The molecule has 0 saturated heterocycles. The number of hydrogen-bond acceptors (Lipinski definition) is 24. The molecule has 0 atom stereocenters. The predicted octanol–water partition coefficient (Wildman–Crippen LogP) is 17.6. The monoisotopic (exact) mass is 1700 g/mol. The third-order valence-corrected chi connectivity index (χ3v) is 26.6. The van der Waals surface area contributed by atoms with Gasteiger partial charge in [-0.05, 0) is 267 Å². The molecule has 3 fully saturated rings. The molecule has 3 aliphatic carbocycles. The van der Waals surface area contributed by atoms with E-state index in [1.165, 1.54) is 99.2 Å². The first kappa shape index (κ1) is 97.8. The van der Waals surface area contributed by atoms with E-state index in [1.54, 1.807) is 60.7 Å². The molecule has 5 aromatic carbocycles. The van der Waals surface area contributed by atoms with Gasteiger partial charge in [-0.1, -0.05) is 97.4 Å². The van der Waals surface area contributed by atoms with E-state index < -0.39 is 83.1 Å². The van der Waals surface area contributed by atoms with Crippen LogP contribution in [-0.2, 0) is 82.0 Å². The molecule has 0 N–H and O–H groups in total. The molecule has 3 aliphatic rings. The average Bonchev–Trinajstić information content (AvgIpc) is 0.840. The molecule has 0 aromatic heterocycles. The van der Waals surface area contributed by atoms with Gasteiger partial charge in [0.1, 0.15) is 28.7 Å². The average molecular weight is 1700 g/mol. The Balaban J connectivity index is 0.000000289. The second kappa shape index (κ2) is 53.5. The van der Waals surface area contributed by atoms with Gasteiger partial charge in [-0.2, -0.15) is 5.26 Å². The molecule has 0 spiro atoms. The number of hydrogen-bond donors (Lipinski definition) is 0. The van der Waals surface area contributed by atoms with Gasteiger partial charge in [-0.3, -0.25) is 14.4 Å². The Morgan fingerprint density at radius 3 is 0.941 bits per heavy atom. The molecule has 0 heterocycles. The molecule has 0 aliphatic heterocycles. The molecular formula is C92H117NO23S3. The SMILES string of the molecule is C=CC(=O)OCCCCCCOc1ccc(C(=O)Oc2ccc(C#N)cc2)cc1.C=CC(=O)OCCCCCCS(=O)(=O)c1ccc(OC(=O)C2CCC(C(=O)Oc3ccc(S(=O)(=O)CCCCCCOC(=O)C=C)cc3)CC2)cc1.C=CC(=O)OCCCCCCS(=O)(=O)c1ccc(OC(=O)C2CCC(C3CCC(CCC)CC3)CC2)cc1. The molecule has 646 valence electrons. The van der Waals surface area contributed by atoms with Crippen molar-refractivity contribution in [2.24, 2.45) is 35.5 Å². The second-order valence-corrected chi connectivity index (χ2v) is 36.2. The van der Waals surface area contributed by atoms with Gasteiger partial charge in [0.05, 0.1) is 99.9 Å². The third kappa shape index (κ3) is 37.0. The summed E-state index contributed by atoms with van der Waals surface area (Å²) in [5.41, 5.74) is 0.915. The number of ether oxygens (including phenoxy) is 9. The lowest BCUT2D eigenvalue weighted by molar-refractivity contribution is -0.145. The molecule has 8 rings (SSSR count). The van der Waals surface area contributed by atoms with E-state index in [2.05, 4.69) is 33.2 Å². The van der Waals surface area contributed by atoms with Crippen LogP contribution in [0.25, 0.3) is 0 Å². The Labute approximate surface area is 702 Å². The van der Waals surface area contributed by atoms with Gasteiger partial charge in [0.15, 0.2) is 29.5 Å². The van der Waals surface area contributed by atoms with Crippen LogP contribution in [0.3, 0.4) is 0 Å². The van der Waals surface area contributed by atoms with E-state index in [9.17, 15) is 63.6 Å². The van der Waals surface area contributed by atoms with E-state index >= 15 is 0 Å². The smallest absolute Gasteiger partial charge is 0.343 e. The summed E-state index contributed by atoms with van der Waals surface area (Å²) in [6, 6.07) is 32.8. The largest absolute Gasteiger partial charge is 0.494 e. The summed E-state index contributed by atoms with van der Waals surface area (Å²) in [7, 11) is -10.4. The summed E-state index contributed by atoms with van der Waals surface area (Å²) >= 11 is 0. The first-order valence-corrected chi connectivity index (χ1v) is 46.5. The highest BCUT2D eigenvalue weighted by molar-refractivity contribution is 7.92. The number of sulfone groups is 3. The Kier molecular flexibility index (Phi) is 44.0. The van der Waals surface area contributed by atoms with Gasteiger partial charge in [-0.15, -0.1) is 0 Å². The zero-order chi connectivity index (χ0) is 86.3. The van der Waals surface area contributed by atoms with Crippen molar-refractivity contribution in [2.75, 3.05) is 50.3 Å². The molecule has 5 aromatic rings. The van der Waals surface area contributed by atoms with Gasteiger partial charge < -0.3 is 42.6 Å². The first-order valence-electron chi connectivity index (χ1n) is 41.5. The van der Waals surface area contributed by atoms with Crippen LogP contribution in [0.2, 0.25) is 0 Å². The minimum absolute atomic E-state index is 0.0290. The Morgan fingerprint density at radius 1 is 0.353 bits per heavy atom. The fourth-order valence-corrected chi connectivity index (χ4v) is 18.3. The highest BCUT2D eigenvalue weighted by Crippen LogP contribution is 2.43. The number of carbonyl (C=O) groups excluding carboxylic acids is 8. The van der Waals surface area contributed by atoms with Crippen molar-refractivity contribution < 1.29 is 106 Å². The summed E-state index contributed by atoms with van der Waals surface area (Å²) in [5, 5.41) is 8.78. The highest BCUT2D eigenvalue weighted by atomic mass is 32.2. The molecule has 3 saturated carbocycles. The van der Waals surface area contributed by atoms with E-state index in [1.807, 2.05) is 6.07 Å². The quantitative estimate of drug-likeness (QED) is 0.0115. The molecule has 0 unspecified atom stereocenters. The Morgan fingerprint density at radius 2 is 0.630 bits per heavy atom. The lowest BCUT2D eigenvalue weighted by Gasteiger charge is -2.37. The molecule has 0 bridgehead atoms. The number of carbonyl (C=O) groups is 8. The normalized spacial score (nSPS) is 17.0. The molecular weight excluding hydrogens is 1580 g/mol. The first-order chi connectivity index (χ1) is 57.3. The molecule has 119 heavy (non-hydrogen) atoms. The summed E-state index contributed by atoms with van der Waals surface area (Å²) in [4.78, 5) is 95.1. The van der Waals surface area contributed by atoms with Crippen molar-refractivity contribution in [3.63, 3.8) is 0 Å². The summed E-state index contributed by atoms with van der Waals surface area (Å²) in [5.74, 6) is 0.159. The van der Waals surface area contributed by atoms with Gasteiger partial charge in [0, 0.05) is 24.3 Å². The van der Waals surface area contributed by atoms with Crippen LogP contribution >= 0.6 is 0 Å². The number of unbranched alkanes of at least 4 members (excludes halogenated alkanes) is 12. The van der Waals surface area contributed by atoms with Gasteiger partial charge in [-0.25, -0.2) is 49.2 Å². The number of nitrogens with zero attached hydrogens (tertiary/aromatic N) is 1. The van der Waals surface area contributed by atoms with Gasteiger partial charge >= 0.3 is 47.8 Å². The van der Waals surface area contributed by atoms with Crippen molar-refractivity contribution in [1.29, 1.82) is 5.26 Å². The Hall–Kier alpha value is -10.0. The predicted molar refractivity (Wildman–Crippen MR) is 450 cm³/mol. The van der Waals surface area contributed by atoms with E-state index in [0.29, 0.717) is 125 Å². The highest BCUT2D eigenvalue weighted by Gasteiger charge is 2.35. The van der Waals surface area contributed by atoms with Crippen molar-refractivity contribution in [1.82, 2.24) is 0 Å². The topological polar surface area (TPSA) is 346 Å². The molecule has 27 heteroatoms. The Bertz CT molecular complexity index is 4310. The summed E-state index contributed by atoms with van der Waals surface area (Å²) in [6.45, 7) is 17.4. The van der Waals surface area contributed by atoms with Crippen LogP contribution in [0.5, 0.6) is 28.7 Å². The van der Waals surface area contributed by atoms with Crippen LogP contribution in [0.1, 0.15) is 215 Å². The zero-order valence-corrected chi connectivity index (χ0v) is 71.0. The van der Waals surface area contributed by atoms with Gasteiger partial charge in [0.2, 0.25) is 0 Å². The maximum atomic E-state index is 12.8. The van der Waals surface area contributed by atoms with E-state index in [4.69, 9.17) is 47.9 Å². The molecule has 0 radical (unpaired) electrons. The maximum absolute atomic E-state index is 12.8. The number of benzene rings is 5. The lowest BCUT2D eigenvalue weighted by Crippen LogP contribution is -2.30. The number of rotatable bonds is 47. The lowest BCUT2D eigenvalue weighted by atomic mass is 9.69. The zero-order valence-electron chi connectivity index (χ0n) is 68.6. The van der Waals surface area contributed by atoms with Crippen molar-refractivity contribution in [2.45, 2.75) is 214 Å². The van der Waals surface area contributed by atoms with Crippen LogP contribution < -0.4 is 23.7 Å². The maximum Gasteiger partial charge on any atom is 0.343 e. The van der Waals surface area contributed by atoms with Crippen LogP contribution in [0, 0.1) is 46.8 Å². The van der Waals surface area contributed by atoms with E-state index in [-0.39, 0.29) is 68.5 Å². The fourth-order valence-electron chi connectivity index (χ4n) is 14.2. The minimum Gasteiger partial charge on any atom is -0.494 e. The van der Waals surface area contributed by atoms with Crippen molar-refractivity contribution >= 4 is 77.3 Å². The molecule has 24 nitrogen and oxygen atoms in total. The van der Waals surface area contributed by atoms with Gasteiger partial charge in [0.25, 0.3) is 0 Å². The summed E-state index contributed by atoms with van der Waals surface area (Å²) < 4.78 is 123. The minimum atomic E-state index is -3.51. The van der Waals surface area contributed by atoms with Crippen LogP contribution in [0.4, 0.5) is 0 Å². The van der Waals surface area contributed by atoms with Crippen molar-refractivity contribution in [3.8, 4) is 34.8 Å². The molecule has 0 amide bonds. The second-order valence-electron chi connectivity index (χ2n) is 29.9. The standard InChI is InChI=1S/C38H48O12S2.C31H46O6S.C23H23NO5/c1-3-35(39)47-25-9-5-7-11-27-51(43,44)33-21-17-31(18-22-33)49-37(41)29-13-15-30(16-14-29)38(42)50-32-19-23-34(24-20-32)52(45,46)28-12-8-6-10-26-48-36(40)4-2;1-3-9-24-10-12-25(13-11-24)26-14-16-27(17-15-26)31(33)37-28-18-20-29(21-19-28)38(34,35)23-8-6-5-7-22-36-30(32)4-2;1-2-22(25)28-16-6-4-3-5-15-27-20-13-9-19(10-14-20)23(26)29-21-11-7-18(17-24)8-12-21/h3-4,17-24,29-30H,1-2,5-16,25-28H2;4,18-21,24-27H,2-3,5-17,22-23H2,1H3;2,7-14H,1,3-6,15-16H2. The fraction of sp³-hybridized carbons (Fsp3) is 0.489. The third-order valence-electron chi connectivity index (χ3n) is 21.1. The van der Waals surface area contributed by atoms with Crippen LogP contribution in [-0.4, -0.2) is 123 Å². The number of esters is 8. The van der Waals surface area contributed by atoms with Crippen LogP contribution in [0.15, 0.2) is 187 Å². The summed E-state index contributed by atoms with van der Waals surface area (Å²) in [6.07, 6.45) is 29.6.